The quantitative estimate of drug-likeness (QED) is 0.656. The zero-order chi connectivity index (χ0) is 19.3. The second-order valence-electron chi connectivity index (χ2n) is 6.52. The minimum Gasteiger partial charge on any atom is -0.422 e. The van der Waals surface area contributed by atoms with Crippen molar-refractivity contribution in [3.05, 3.63) is 119 Å². The highest BCUT2D eigenvalue weighted by Gasteiger charge is 2.33. The van der Waals surface area contributed by atoms with E-state index in [0.717, 1.165) is 27.8 Å². The van der Waals surface area contributed by atoms with Crippen molar-refractivity contribution in [2.45, 2.75) is 6.42 Å². The van der Waals surface area contributed by atoms with E-state index in [4.69, 9.17) is 4.74 Å². The second-order valence-corrected chi connectivity index (χ2v) is 6.52. The molecule has 0 atom stereocenters. The van der Waals surface area contributed by atoms with Gasteiger partial charge in [0.25, 0.3) is 0 Å². The number of ether oxygens (including phenoxy) is 1. The van der Waals surface area contributed by atoms with Crippen LogP contribution in [0.5, 0.6) is 0 Å². The van der Waals surface area contributed by atoms with Crippen LogP contribution >= 0.6 is 0 Å². The van der Waals surface area contributed by atoms with Crippen molar-refractivity contribution >= 4 is 17.1 Å². The molecule has 1 N–H and O–H groups in total. The first-order valence-electron chi connectivity index (χ1n) is 9.26. The summed E-state index contributed by atoms with van der Waals surface area (Å²) in [6.45, 7) is -0.0668. The normalized spacial score (nSPS) is 13.6. The molecule has 1 aliphatic rings. The summed E-state index contributed by atoms with van der Waals surface area (Å²) >= 11 is 0. The van der Waals surface area contributed by atoms with Gasteiger partial charge >= 0.3 is 5.97 Å². The number of cyclic esters (lactones) is 1. The minimum atomic E-state index is -0.381. The molecule has 0 aliphatic carbocycles. The molecule has 1 aliphatic heterocycles. The maximum atomic E-state index is 12.8. The predicted octanol–water partition coefficient (Wildman–Crippen LogP) is 4.84. The van der Waals surface area contributed by atoms with Crippen LogP contribution in [-0.4, -0.2) is 17.7 Å². The zero-order valence-electron chi connectivity index (χ0n) is 15.3. The second kappa shape index (κ2) is 8.07. The first kappa shape index (κ1) is 18.0. The van der Waals surface area contributed by atoms with E-state index in [-0.39, 0.29) is 12.6 Å². The van der Waals surface area contributed by atoms with Gasteiger partial charge in [0.05, 0.1) is 5.57 Å². The molecule has 0 fully saturated rings. The molecule has 3 heteroatoms. The molecule has 0 radical (unpaired) electrons. The molecule has 0 spiro atoms. The molecule has 4 rings (SSSR count). The Balaban J connectivity index is 2.00. The van der Waals surface area contributed by atoms with E-state index in [9.17, 15) is 9.90 Å². The van der Waals surface area contributed by atoms with Gasteiger partial charge in [-0.1, -0.05) is 91.0 Å². The maximum absolute atomic E-state index is 12.8. The Hall–Kier alpha value is -3.43. The van der Waals surface area contributed by atoms with Crippen molar-refractivity contribution in [1.29, 1.82) is 0 Å². The fourth-order valence-electron chi connectivity index (χ4n) is 3.53. The standard InChI is InChI=1S/C25H20O3/c26-17-16-21-23(20-14-8-3-9-15-20)25(27)28-24(21)22(18-10-4-1-5-11-18)19-12-6-2-7-13-19/h1-15,26H,16-17H2. The van der Waals surface area contributed by atoms with Gasteiger partial charge in [-0.15, -0.1) is 0 Å². The first-order valence-corrected chi connectivity index (χ1v) is 9.26. The lowest BCUT2D eigenvalue weighted by Gasteiger charge is -2.14. The summed E-state index contributed by atoms with van der Waals surface area (Å²) in [4.78, 5) is 12.8. The van der Waals surface area contributed by atoms with Crippen LogP contribution in [0.4, 0.5) is 0 Å². The lowest BCUT2D eigenvalue weighted by Crippen LogP contribution is -2.00. The molecule has 28 heavy (non-hydrogen) atoms. The monoisotopic (exact) mass is 368 g/mol. The molecule has 0 amide bonds. The molecule has 0 aromatic heterocycles. The van der Waals surface area contributed by atoms with Crippen molar-refractivity contribution < 1.29 is 14.6 Å². The van der Waals surface area contributed by atoms with E-state index in [2.05, 4.69) is 0 Å². The number of allylic oxidation sites excluding steroid dienone is 1. The van der Waals surface area contributed by atoms with Gasteiger partial charge in [0.2, 0.25) is 0 Å². The third kappa shape index (κ3) is 3.40. The fourth-order valence-corrected chi connectivity index (χ4v) is 3.53. The van der Waals surface area contributed by atoms with E-state index < -0.39 is 0 Å². The fraction of sp³-hybridized carbons (Fsp3) is 0.0800. The lowest BCUT2D eigenvalue weighted by atomic mass is 9.91. The third-order valence-corrected chi connectivity index (χ3v) is 4.75. The van der Waals surface area contributed by atoms with E-state index in [1.54, 1.807) is 0 Å². The van der Waals surface area contributed by atoms with Crippen LogP contribution in [0.2, 0.25) is 0 Å². The summed E-state index contributed by atoms with van der Waals surface area (Å²) in [6, 6.07) is 29.2. The molecule has 138 valence electrons. The molecular weight excluding hydrogens is 348 g/mol. The number of hydrogen-bond acceptors (Lipinski definition) is 3. The summed E-state index contributed by atoms with van der Waals surface area (Å²) in [5, 5.41) is 9.69. The van der Waals surface area contributed by atoms with Crippen LogP contribution in [0, 0.1) is 0 Å². The van der Waals surface area contributed by atoms with Gasteiger partial charge in [-0.2, -0.15) is 0 Å². The molecule has 0 bridgehead atoms. The first-order chi connectivity index (χ1) is 13.8. The Kier molecular flexibility index (Phi) is 5.18. The number of hydrogen-bond donors (Lipinski definition) is 1. The van der Waals surface area contributed by atoms with Crippen LogP contribution in [0.1, 0.15) is 23.1 Å². The molecule has 0 saturated heterocycles. The van der Waals surface area contributed by atoms with E-state index >= 15 is 0 Å². The molecule has 3 aromatic carbocycles. The summed E-state index contributed by atoms with van der Waals surface area (Å²) in [7, 11) is 0. The van der Waals surface area contributed by atoms with Crippen molar-refractivity contribution in [2.75, 3.05) is 6.61 Å². The molecule has 0 saturated carbocycles. The Labute approximate surface area is 164 Å². The SMILES string of the molecule is O=C1OC(=C(c2ccccc2)c2ccccc2)C(CCO)=C1c1ccccc1. The predicted molar refractivity (Wildman–Crippen MR) is 110 cm³/mol. The molecular formula is C25H20O3. The minimum absolute atomic E-state index is 0.0668. The maximum Gasteiger partial charge on any atom is 0.344 e. The van der Waals surface area contributed by atoms with E-state index in [1.165, 1.54) is 0 Å². The van der Waals surface area contributed by atoms with Gasteiger partial charge < -0.3 is 9.84 Å². The summed E-state index contributed by atoms with van der Waals surface area (Å²) in [6.07, 6.45) is 0.342. The van der Waals surface area contributed by atoms with Crippen molar-refractivity contribution in [3.8, 4) is 0 Å². The Morgan fingerprint density at radius 3 is 1.75 bits per heavy atom. The highest BCUT2D eigenvalue weighted by Crippen LogP contribution is 2.41. The number of carbonyl (C=O) groups is 1. The average molecular weight is 368 g/mol. The number of aliphatic hydroxyl groups excluding tert-OH is 1. The van der Waals surface area contributed by atoms with Gasteiger partial charge in [-0.05, 0) is 16.7 Å². The smallest absolute Gasteiger partial charge is 0.344 e. The van der Waals surface area contributed by atoms with E-state index in [1.807, 2.05) is 91.0 Å². The molecule has 3 aromatic rings. The Morgan fingerprint density at radius 1 is 0.750 bits per heavy atom. The number of benzene rings is 3. The van der Waals surface area contributed by atoms with Crippen molar-refractivity contribution in [1.82, 2.24) is 0 Å². The molecule has 1 heterocycles. The van der Waals surface area contributed by atoms with Crippen LogP contribution in [0.25, 0.3) is 11.1 Å². The number of carbonyl (C=O) groups excluding carboxylic acids is 1. The van der Waals surface area contributed by atoms with Gasteiger partial charge in [0.15, 0.2) is 0 Å². The van der Waals surface area contributed by atoms with Crippen LogP contribution in [-0.2, 0) is 9.53 Å². The van der Waals surface area contributed by atoms with Gasteiger partial charge in [-0.3, -0.25) is 0 Å². The number of rotatable bonds is 5. The van der Waals surface area contributed by atoms with Crippen LogP contribution in [0.3, 0.4) is 0 Å². The lowest BCUT2D eigenvalue weighted by molar-refractivity contribution is -0.131. The third-order valence-electron chi connectivity index (χ3n) is 4.75. The number of aliphatic hydroxyl groups is 1. The van der Waals surface area contributed by atoms with E-state index in [0.29, 0.717) is 17.8 Å². The van der Waals surface area contributed by atoms with Gasteiger partial charge in [0.1, 0.15) is 5.76 Å². The molecule has 3 nitrogen and oxygen atoms in total. The Bertz CT molecular complexity index is 991. The van der Waals surface area contributed by atoms with Crippen LogP contribution in [0.15, 0.2) is 102 Å². The number of esters is 1. The summed E-state index contributed by atoms with van der Waals surface area (Å²) in [5.41, 5.74) is 4.83. The highest BCUT2D eigenvalue weighted by atomic mass is 16.5. The highest BCUT2D eigenvalue weighted by molar-refractivity contribution is 6.22. The van der Waals surface area contributed by atoms with Crippen LogP contribution < -0.4 is 0 Å². The average Bonchev–Trinajstić information content (AvgIpc) is 3.06. The topological polar surface area (TPSA) is 46.5 Å². The van der Waals surface area contributed by atoms with Gasteiger partial charge in [0, 0.05) is 24.2 Å². The summed E-state index contributed by atoms with van der Waals surface area (Å²) in [5.74, 6) is 0.143. The van der Waals surface area contributed by atoms with Crippen molar-refractivity contribution in [2.24, 2.45) is 0 Å². The summed E-state index contributed by atoms with van der Waals surface area (Å²) < 4.78 is 5.82. The Morgan fingerprint density at radius 2 is 1.25 bits per heavy atom. The van der Waals surface area contributed by atoms with Crippen molar-refractivity contribution in [3.63, 3.8) is 0 Å². The van der Waals surface area contributed by atoms with Gasteiger partial charge in [-0.25, -0.2) is 4.79 Å². The zero-order valence-corrected chi connectivity index (χ0v) is 15.3. The molecule has 0 unspecified atom stereocenters. The largest absolute Gasteiger partial charge is 0.422 e.